The highest BCUT2D eigenvalue weighted by Gasteiger charge is 2.03. The molecule has 0 amide bonds. The zero-order valence-electron chi connectivity index (χ0n) is 26.8. The van der Waals surface area contributed by atoms with Gasteiger partial charge in [0, 0.05) is 23.9 Å². The van der Waals surface area contributed by atoms with Gasteiger partial charge in [0.25, 0.3) is 0 Å². The molecule has 0 unspecified atom stereocenters. The van der Waals surface area contributed by atoms with Gasteiger partial charge in [-0.2, -0.15) is 0 Å². The molecule has 0 aliphatic carbocycles. The van der Waals surface area contributed by atoms with E-state index in [0.29, 0.717) is 0 Å². The monoisotopic (exact) mass is 581 g/mol. The molecule has 3 nitrogen and oxygen atoms in total. The topological polar surface area (TPSA) is 44.5 Å². The van der Waals surface area contributed by atoms with Crippen molar-refractivity contribution in [2.24, 2.45) is 0 Å². The first-order valence-electron chi connectivity index (χ1n) is 17.4. The van der Waals surface area contributed by atoms with E-state index in [0.717, 1.165) is 43.2 Å². The Morgan fingerprint density at radius 2 is 0.650 bits per heavy atom. The number of halogens is 1. The van der Waals surface area contributed by atoms with E-state index in [1.54, 1.807) is 0 Å². The molecular weight excluding hydrogens is 514 g/mol. The lowest BCUT2D eigenvalue weighted by Crippen LogP contribution is -2.01. The number of hydrogen-bond acceptors (Lipinski definition) is 3. The summed E-state index contributed by atoms with van der Waals surface area (Å²) in [6.07, 6.45) is 35.6. The Hall–Kier alpha value is -1.09. The molecule has 236 valence electrons. The maximum Gasteiger partial charge on any atom is 0.125 e. The first-order valence-corrected chi connectivity index (χ1v) is 17.4. The molecule has 1 rings (SSSR count). The molecular formula is C36H68ClNO2. The highest BCUT2D eigenvalue weighted by Crippen LogP contribution is 2.25. The lowest BCUT2D eigenvalue weighted by Gasteiger charge is -2.11. The average molecular weight is 582 g/mol. The van der Waals surface area contributed by atoms with Crippen LogP contribution in [0.1, 0.15) is 181 Å². The predicted octanol–water partition coefficient (Wildman–Crippen LogP) is 12.6. The van der Waals surface area contributed by atoms with Gasteiger partial charge in [-0.15, -0.1) is 12.4 Å². The third-order valence-electron chi connectivity index (χ3n) is 7.94. The second-order valence-corrected chi connectivity index (χ2v) is 11.9. The van der Waals surface area contributed by atoms with E-state index in [9.17, 15) is 0 Å². The molecule has 40 heavy (non-hydrogen) atoms. The van der Waals surface area contributed by atoms with Crippen molar-refractivity contribution in [2.75, 3.05) is 18.9 Å². The number of rotatable bonds is 30. The molecule has 0 spiro atoms. The summed E-state index contributed by atoms with van der Waals surface area (Å²) in [6, 6.07) is 5.83. The first kappa shape index (κ1) is 38.9. The zero-order valence-corrected chi connectivity index (χ0v) is 27.6. The Morgan fingerprint density at radius 3 is 0.925 bits per heavy atom. The molecule has 0 aromatic heterocycles. The van der Waals surface area contributed by atoms with Gasteiger partial charge < -0.3 is 15.2 Å². The average Bonchev–Trinajstić information content (AvgIpc) is 2.93. The van der Waals surface area contributed by atoms with E-state index in [1.165, 1.54) is 154 Å². The molecule has 0 fully saturated rings. The highest BCUT2D eigenvalue weighted by atomic mass is 35.5. The van der Waals surface area contributed by atoms with E-state index >= 15 is 0 Å². The summed E-state index contributed by atoms with van der Waals surface area (Å²) in [7, 11) is 0. The van der Waals surface area contributed by atoms with Crippen LogP contribution in [-0.2, 0) is 0 Å². The number of hydrogen-bond donors (Lipinski definition) is 1. The van der Waals surface area contributed by atoms with Crippen molar-refractivity contribution < 1.29 is 9.47 Å². The van der Waals surface area contributed by atoms with Crippen LogP contribution in [0.3, 0.4) is 0 Å². The Labute approximate surface area is 256 Å². The van der Waals surface area contributed by atoms with Gasteiger partial charge in [0.1, 0.15) is 11.5 Å². The molecule has 0 atom stereocenters. The normalized spacial score (nSPS) is 10.9. The molecule has 0 aliphatic rings. The summed E-state index contributed by atoms with van der Waals surface area (Å²) >= 11 is 0. The van der Waals surface area contributed by atoms with Crippen molar-refractivity contribution in [3.63, 3.8) is 0 Å². The van der Waals surface area contributed by atoms with Crippen molar-refractivity contribution in [3.05, 3.63) is 18.2 Å². The molecule has 0 bridgehead atoms. The van der Waals surface area contributed by atoms with Crippen molar-refractivity contribution in [3.8, 4) is 11.5 Å². The van der Waals surface area contributed by atoms with Crippen LogP contribution in [0.5, 0.6) is 11.5 Å². The SMILES string of the molecule is CCCCCCCCCCCCCCCOc1cc(N)cc(OCCCCCCCCCCCCCCC)c1.Cl. The number of unbranched alkanes of at least 4 members (excludes halogenated alkanes) is 24. The fourth-order valence-electron chi connectivity index (χ4n) is 5.38. The van der Waals surface area contributed by atoms with E-state index in [-0.39, 0.29) is 12.4 Å². The summed E-state index contributed by atoms with van der Waals surface area (Å²) in [5.74, 6) is 1.68. The highest BCUT2D eigenvalue weighted by molar-refractivity contribution is 5.85. The van der Waals surface area contributed by atoms with Gasteiger partial charge in [0.15, 0.2) is 0 Å². The number of nitrogens with two attached hydrogens (primary N) is 1. The van der Waals surface area contributed by atoms with Crippen LogP contribution >= 0.6 is 12.4 Å². The lowest BCUT2D eigenvalue weighted by molar-refractivity contribution is 0.290. The summed E-state index contributed by atoms with van der Waals surface area (Å²) < 4.78 is 12.0. The number of nitrogen functional groups attached to an aromatic ring is 1. The second kappa shape index (κ2) is 30.9. The van der Waals surface area contributed by atoms with Crippen molar-refractivity contribution in [1.82, 2.24) is 0 Å². The molecule has 0 aliphatic heterocycles. The van der Waals surface area contributed by atoms with Gasteiger partial charge in [0.05, 0.1) is 13.2 Å². The third-order valence-corrected chi connectivity index (χ3v) is 7.94. The molecule has 4 heteroatoms. The van der Waals surface area contributed by atoms with E-state index < -0.39 is 0 Å². The van der Waals surface area contributed by atoms with Crippen molar-refractivity contribution in [2.45, 2.75) is 181 Å². The summed E-state index contributed by atoms with van der Waals surface area (Å²) in [4.78, 5) is 0. The lowest BCUT2D eigenvalue weighted by atomic mass is 10.0. The quantitative estimate of drug-likeness (QED) is 0.0725. The van der Waals surface area contributed by atoms with Gasteiger partial charge in [-0.25, -0.2) is 0 Å². The standard InChI is InChI=1S/C36H67NO2.ClH/c1-3-5-7-9-11-13-15-17-19-21-23-25-27-29-38-35-31-34(37)32-36(33-35)39-30-28-26-24-22-20-18-16-14-12-10-8-6-4-2;/h31-33H,3-30,37H2,1-2H3;1H. The third kappa shape index (κ3) is 25.8. The van der Waals surface area contributed by atoms with E-state index in [4.69, 9.17) is 15.2 Å². The van der Waals surface area contributed by atoms with Gasteiger partial charge >= 0.3 is 0 Å². The molecule has 1 aromatic carbocycles. The zero-order chi connectivity index (χ0) is 28.1. The van der Waals surface area contributed by atoms with Crippen LogP contribution in [0.15, 0.2) is 18.2 Å². The molecule has 1 aromatic rings. The van der Waals surface area contributed by atoms with Gasteiger partial charge in [-0.1, -0.05) is 168 Å². The van der Waals surface area contributed by atoms with Crippen LogP contribution in [0, 0.1) is 0 Å². The van der Waals surface area contributed by atoms with Crippen molar-refractivity contribution >= 4 is 18.1 Å². The van der Waals surface area contributed by atoms with Crippen LogP contribution in [0.25, 0.3) is 0 Å². The first-order chi connectivity index (χ1) is 19.3. The molecule has 0 saturated carbocycles. The Kier molecular flexibility index (Phi) is 30.0. The summed E-state index contributed by atoms with van der Waals surface area (Å²) in [6.45, 7) is 6.10. The molecule has 0 saturated heterocycles. The smallest absolute Gasteiger partial charge is 0.125 e. The maximum absolute atomic E-state index is 6.10. The molecule has 0 heterocycles. The maximum atomic E-state index is 6.10. The number of ether oxygens (including phenoxy) is 2. The molecule has 0 radical (unpaired) electrons. The second-order valence-electron chi connectivity index (χ2n) is 11.9. The Balaban J connectivity index is 0.0000152. The minimum Gasteiger partial charge on any atom is -0.493 e. The fourth-order valence-corrected chi connectivity index (χ4v) is 5.38. The van der Waals surface area contributed by atoms with E-state index in [1.807, 2.05) is 18.2 Å². The summed E-state index contributed by atoms with van der Waals surface area (Å²) in [5.41, 5.74) is 6.82. The van der Waals surface area contributed by atoms with Crippen LogP contribution in [0.4, 0.5) is 5.69 Å². The largest absolute Gasteiger partial charge is 0.493 e. The number of anilines is 1. The van der Waals surface area contributed by atoms with E-state index in [2.05, 4.69) is 13.8 Å². The van der Waals surface area contributed by atoms with Crippen LogP contribution in [-0.4, -0.2) is 13.2 Å². The fraction of sp³-hybridized carbons (Fsp3) is 0.833. The molecule has 2 N–H and O–H groups in total. The summed E-state index contributed by atoms with van der Waals surface area (Å²) in [5, 5.41) is 0. The minimum absolute atomic E-state index is 0. The van der Waals surface area contributed by atoms with Crippen LogP contribution in [0.2, 0.25) is 0 Å². The minimum atomic E-state index is 0. The number of benzene rings is 1. The van der Waals surface area contributed by atoms with Gasteiger partial charge in [-0.3, -0.25) is 0 Å². The predicted molar refractivity (Wildman–Crippen MR) is 180 cm³/mol. The van der Waals surface area contributed by atoms with Gasteiger partial charge in [0.2, 0.25) is 0 Å². The van der Waals surface area contributed by atoms with Crippen molar-refractivity contribution in [1.29, 1.82) is 0 Å². The Morgan fingerprint density at radius 1 is 0.400 bits per heavy atom. The van der Waals surface area contributed by atoms with Gasteiger partial charge in [-0.05, 0) is 12.8 Å². The van der Waals surface area contributed by atoms with Crippen LogP contribution < -0.4 is 15.2 Å². The Bertz CT molecular complexity index is 589.